The summed E-state index contributed by atoms with van der Waals surface area (Å²) in [6.07, 6.45) is 2.84. The number of hydrogen-bond donors (Lipinski definition) is 2. The van der Waals surface area contributed by atoms with Crippen LogP contribution in [-0.2, 0) is 0 Å². The van der Waals surface area contributed by atoms with E-state index >= 15 is 0 Å². The minimum Gasteiger partial charge on any atom is -0.447 e. The van der Waals surface area contributed by atoms with Crippen molar-refractivity contribution in [1.82, 2.24) is 5.06 Å². The van der Waals surface area contributed by atoms with Gasteiger partial charge in [-0.15, -0.1) is 0 Å². The molecule has 1 aliphatic rings. The van der Waals surface area contributed by atoms with Crippen molar-refractivity contribution < 1.29 is 19.2 Å². The molecule has 2 heterocycles. The minimum atomic E-state index is -0.959. The van der Waals surface area contributed by atoms with Crippen LogP contribution in [0, 0.1) is 11.8 Å². The number of ether oxygens (including phenoxy) is 1. The minimum absolute atomic E-state index is 0.356. The number of carbonyl (C=O) groups is 1. The highest BCUT2D eigenvalue weighted by molar-refractivity contribution is 8.03. The van der Waals surface area contributed by atoms with E-state index in [1.807, 2.05) is 18.4 Å². The Morgan fingerprint density at radius 3 is 3.05 bits per heavy atom. The maximum Gasteiger partial charge on any atom is 0.339 e. The normalized spacial score (nSPS) is 21.5. The van der Waals surface area contributed by atoms with Gasteiger partial charge in [0.1, 0.15) is 6.04 Å². The lowest BCUT2D eigenvalue weighted by molar-refractivity contribution is -0.0536. The molecule has 1 aromatic rings. The van der Waals surface area contributed by atoms with E-state index < -0.39 is 12.1 Å². The van der Waals surface area contributed by atoms with Gasteiger partial charge in [-0.3, -0.25) is 5.21 Å². The van der Waals surface area contributed by atoms with Crippen molar-refractivity contribution in [2.75, 3.05) is 0 Å². The Morgan fingerprint density at radius 2 is 2.43 bits per heavy atom. The molecule has 2 atom stereocenters. The number of amides is 2. The lowest BCUT2D eigenvalue weighted by Gasteiger charge is -2.22. The summed E-state index contributed by atoms with van der Waals surface area (Å²) >= 11 is 1.58. The van der Waals surface area contributed by atoms with Crippen molar-refractivity contribution in [2.24, 2.45) is 5.73 Å². The smallest absolute Gasteiger partial charge is 0.339 e. The fourth-order valence-electron chi connectivity index (χ4n) is 1.65. The van der Waals surface area contributed by atoms with Crippen LogP contribution in [-0.4, -0.2) is 27.3 Å². The maximum atomic E-state index is 10.8. The maximum absolute atomic E-state index is 10.8. The third-order valence-electron chi connectivity index (χ3n) is 2.80. The van der Waals surface area contributed by atoms with Crippen LogP contribution in [0.15, 0.2) is 28.0 Å². The fourth-order valence-corrected chi connectivity index (χ4v) is 2.45. The summed E-state index contributed by atoms with van der Waals surface area (Å²) in [5, 5.41) is 11.6. The summed E-state index contributed by atoms with van der Waals surface area (Å²) in [6.45, 7) is 3.52. The molecule has 0 spiro atoms. The van der Waals surface area contributed by atoms with Crippen LogP contribution in [0.25, 0.3) is 0 Å². The quantitative estimate of drug-likeness (QED) is 0.509. The van der Waals surface area contributed by atoms with E-state index in [0.717, 1.165) is 6.42 Å². The van der Waals surface area contributed by atoms with Crippen LogP contribution in [0.5, 0.6) is 5.95 Å². The molecular formula is C14H16N2O4S. The number of thioether (sulfide) groups is 1. The Bertz CT molecular complexity index is 606. The summed E-state index contributed by atoms with van der Waals surface area (Å²) in [5.74, 6) is 6.12. The van der Waals surface area contributed by atoms with Crippen LogP contribution >= 0.6 is 11.8 Å². The Kier molecular flexibility index (Phi) is 4.50. The lowest BCUT2D eigenvalue weighted by atomic mass is 10.3. The van der Waals surface area contributed by atoms with Crippen LogP contribution in [0.2, 0.25) is 0 Å². The van der Waals surface area contributed by atoms with Crippen LogP contribution in [0.1, 0.15) is 26.0 Å². The Labute approximate surface area is 126 Å². The molecule has 1 aliphatic heterocycles. The molecule has 0 fully saturated rings. The third-order valence-corrected chi connectivity index (χ3v) is 3.87. The second-order valence-corrected chi connectivity index (χ2v) is 6.05. The zero-order valence-corrected chi connectivity index (χ0v) is 12.5. The molecule has 2 amide bonds. The number of nitrogens with two attached hydrogens (primary N) is 1. The van der Waals surface area contributed by atoms with Gasteiger partial charge >= 0.3 is 6.03 Å². The molecule has 2 unspecified atom stereocenters. The molecule has 21 heavy (non-hydrogen) atoms. The first kappa shape index (κ1) is 15.4. The summed E-state index contributed by atoms with van der Waals surface area (Å²) < 4.78 is 11.2. The van der Waals surface area contributed by atoms with E-state index in [0.29, 0.717) is 16.8 Å². The Hall–Kier alpha value is -2.04. The van der Waals surface area contributed by atoms with Crippen LogP contribution in [0.4, 0.5) is 4.79 Å². The van der Waals surface area contributed by atoms with E-state index in [9.17, 15) is 10.0 Å². The zero-order chi connectivity index (χ0) is 15.5. The van der Waals surface area contributed by atoms with Crippen molar-refractivity contribution >= 4 is 17.8 Å². The van der Waals surface area contributed by atoms with Gasteiger partial charge in [-0.2, -0.15) is 5.06 Å². The first-order chi connectivity index (χ1) is 9.89. The molecule has 0 radical (unpaired) electrons. The van der Waals surface area contributed by atoms with E-state index in [1.54, 1.807) is 30.8 Å². The van der Waals surface area contributed by atoms with E-state index in [-0.39, 0.29) is 4.93 Å². The molecule has 1 aromatic heterocycles. The molecule has 3 N–H and O–H groups in total. The molecule has 0 aromatic carbocycles. The number of hydroxylamine groups is 2. The van der Waals surface area contributed by atoms with Gasteiger partial charge in [0.25, 0.3) is 5.95 Å². The van der Waals surface area contributed by atoms with Gasteiger partial charge in [0.2, 0.25) is 0 Å². The van der Waals surface area contributed by atoms with E-state index in [4.69, 9.17) is 14.9 Å². The standard InChI is InChI=1S/C14H16N2O4S/c1-10(16(18)13(15)17)4-5-11-6-7-12(19-11)20-14(2)8-3-9-21-14/h3,6-7,9-10,18H,8H2,1-2H3,(H2,15,17). The van der Waals surface area contributed by atoms with Crippen molar-refractivity contribution in [3.05, 3.63) is 29.4 Å². The summed E-state index contributed by atoms with van der Waals surface area (Å²) in [6, 6.07) is 1.66. The summed E-state index contributed by atoms with van der Waals surface area (Å²) in [5.41, 5.74) is 4.93. The third kappa shape index (κ3) is 3.97. The number of carbonyl (C=O) groups excluding carboxylic acids is 1. The highest BCUT2D eigenvalue weighted by atomic mass is 32.2. The Balaban J connectivity index is 1.99. The second kappa shape index (κ2) is 6.16. The average molecular weight is 308 g/mol. The van der Waals surface area contributed by atoms with Gasteiger partial charge in [-0.25, -0.2) is 4.79 Å². The average Bonchev–Trinajstić information content (AvgIpc) is 3.04. The molecule has 7 heteroatoms. The van der Waals surface area contributed by atoms with Gasteiger partial charge in [0.05, 0.1) is 0 Å². The number of furan rings is 1. The second-order valence-electron chi connectivity index (χ2n) is 4.68. The van der Waals surface area contributed by atoms with Crippen molar-refractivity contribution in [2.45, 2.75) is 31.2 Å². The largest absolute Gasteiger partial charge is 0.447 e. The molecule has 0 saturated heterocycles. The summed E-state index contributed by atoms with van der Waals surface area (Å²) in [4.78, 5) is 10.4. The molecular weight excluding hydrogens is 292 g/mol. The number of primary amides is 1. The monoisotopic (exact) mass is 308 g/mol. The van der Waals surface area contributed by atoms with E-state index in [2.05, 4.69) is 11.8 Å². The van der Waals surface area contributed by atoms with Crippen molar-refractivity contribution in [1.29, 1.82) is 0 Å². The first-order valence-electron chi connectivity index (χ1n) is 6.30. The van der Waals surface area contributed by atoms with Crippen LogP contribution in [0.3, 0.4) is 0 Å². The number of hydrogen-bond acceptors (Lipinski definition) is 5. The molecule has 0 saturated carbocycles. The highest BCUT2D eigenvalue weighted by Crippen LogP contribution is 2.38. The lowest BCUT2D eigenvalue weighted by Crippen LogP contribution is -2.38. The predicted molar refractivity (Wildman–Crippen MR) is 78.6 cm³/mol. The van der Waals surface area contributed by atoms with Crippen molar-refractivity contribution in [3.8, 4) is 17.8 Å². The highest BCUT2D eigenvalue weighted by Gasteiger charge is 2.29. The number of urea groups is 1. The SMILES string of the molecule is CC(C#Cc1ccc(OC2(C)CC=CS2)o1)N(O)C(N)=O. The molecule has 112 valence electrons. The number of nitrogens with zero attached hydrogens (tertiary/aromatic N) is 1. The Morgan fingerprint density at radius 1 is 1.67 bits per heavy atom. The van der Waals surface area contributed by atoms with E-state index in [1.165, 1.54) is 0 Å². The van der Waals surface area contributed by atoms with Crippen LogP contribution < -0.4 is 10.5 Å². The first-order valence-corrected chi connectivity index (χ1v) is 7.18. The molecule has 2 rings (SSSR count). The van der Waals surface area contributed by atoms with Gasteiger partial charge in [0.15, 0.2) is 10.7 Å². The van der Waals surface area contributed by atoms with Gasteiger partial charge in [-0.05, 0) is 31.2 Å². The van der Waals surface area contributed by atoms with Gasteiger partial charge in [-0.1, -0.05) is 23.8 Å². The predicted octanol–water partition coefficient (Wildman–Crippen LogP) is 2.54. The number of rotatable bonds is 3. The van der Waals surface area contributed by atoms with Crippen molar-refractivity contribution in [3.63, 3.8) is 0 Å². The fraction of sp³-hybridized carbons (Fsp3) is 0.357. The molecule has 0 bridgehead atoms. The van der Waals surface area contributed by atoms with Gasteiger partial charge < -0.3 is 14.9 Å². The molecule has 0 aliphatic carbocycles. The summed E-state index contributed by atoms with van der Waals surface area (Å²) in [7, 11) is 0. The van der Waals surface area contributed by atoms with Gasteiger partial charge in [0, 0.05) is 12.5 Å². The topological polar surface area (TPSA) is 88.9 Å². The zero-order valence-electron chi connectivity index (χ0n) is 11.7. The molecule has 6 nitrogen and oxygen atoms in total.